The molecular formula is C27H34FN3O6S. The van der Waals surface area contributed by atoms with E-state index >= 15 is 0 Å². The molecular weight excluding hydrogens is 513 g/mol. The van der Waals surface area contributed by atoms with E-state index in [4.69, 9.17) is 9.47 Å². The summed E-state index contributed by atoms with van der Waals surface area (Å²) in [5.41, 5.74) is 0.884. The van der Waals surface area contributed by atoms with Crippen LogP contribution in [0.25, 0.3) is 0 Å². The Bertz CT molecular complexity index is 1250. The molecule has 2 aromatic rings. The van der Waals surface area contributed by atoms with E-state index in [1.807, 2.05) is 6.92 Å². The smallest absolute Gasteiger partial charge is 0.244 e. The number of nitrogens with one attached hydrogen (secondary N) is 1. The lowest BCUT2D eigenvalue weighted by Crippen LogP contribution is -2.53. The molecule has 2 aliphatic rings. The third-order valence-corrected chi connectivity index (χ3v) is 8.72. The van der Waals surface area contributed by atoms with E-state index in [0.29, 0.717) is 23.5 Å². The number of amides is 2. The summed E-state index contributed by atoms with van der Waals surface area (Å²) in [5, 5.41) is 3.06. The van der Waals surface area contributed by atoms with Gasteiger partial charge in [-0.3, -0.25) is 13.9 Å². The van der Waals surface area contributed by atoms with Crippen LogP contribution in [0.15, 0.2) is 42.5 Å². The van der Waals surface area contributed by atoms with Gasteiger partial charge in [0.1, 0.15) is 18.4 Å². The SMILES string of the molecule is CC[C@@H](C(=O)NC1CCCC1)N(Cc1ccc(F)cc1)C(=O)CN(c1ccc2c(c1)OCO2)S(=O)(=O)CC. The molecule has 4 rings (SSSR count). The highest BCUT2D eigenvalue weighted by atomic mass is 32.2. The van der Waals surface area contributed by atoms with E-state index in [2.05, 4.69) is 5.32 Å². The Labute approximate surface area is 222 Å². The molecule has 11 heteroatoms. The van der Waals surface area contributed by atoms with Crippen molar-refractivity contribution in [2.24, 2.45) is 0 Å². The summed E-state index contributed by atoms with van der Waals surface area (Å²) in [4.78, 5) is 28.6. The summed E-state index contributed by atoms with van der Waals surface area (Å²) in [6.45, 7) is 2.85. The van der Waals surface area contributed by atoms with Crippen LogP contribution in [0.2, 0.25) is 0 Å². The molecule has 1 atom stereocenters. The molecule has 1 N–H and O–H groups in total. The zero-order valence-electron chi connectivity index (χ0n) is 21.7. The van der Waals surface area contributed by atoms with Crippen molar-refractivity contribution in [3.63, 3.8) is 0 Å². The van der Waals surface area contributed by atoms with Gasteiger partial charge in [-0.05, 0) is 56.0 Å². The number of rotatable bonds is 11. The van der Waals surface area contributed by atoms with Gasteiger partial charge in [0.25, 0.3) is 0 Å². The predicted octanol–water partition coefficient (Wildman–Crippen LogP) is 3.58. The standard InChI is InChI=1S/C27H34FN3O6S/c1-3-23(27(33)29-21-7-5-6-8-21)30(16-19-9-11-20(28)12-10-19)26(32)17-31(38(34,35)4-2)22-13-14-24-25(15-22)37-18-36-24/h9-15,21,23H,3-8,16-18H2,1-2H3,(H,29,33)/t23-/m0/s1. The molecule has 0 unspecified atom stereocenters. The van der Waals surface area contributed by atoms with Gasteiger partial charge in [-0.1, -0.05) is 31.9 Å². The summed E-state index contributed by atoms with van der Waals surface area (Å²) in [6, 6.07) is 9.60. The maximum atomic E-state index is 13.8. The molecule has 1 aliphatic carbocycles. The van der Waals surface area contributed by atoms with Crippen LogP contribution in [0, 0.1) is 5.82 Å². The Morgan fingerprint density at radius 3 is 2.39 bits per heavy atom. The van der Waals surface area contributed by atoms with Crippen molar-refractivity contribution in [2.45, 2.75) is 64.6 Å². The van der Waals surface area contributed by atoms with Crippen LogP contribution < -0.4 is 19.1 Å². The molecule has 1 aliphatic heterocycles. The normalized spacial score (nSPS) is 15.8. The molecule has 0 saturated heterocycles. The zero-order chi connectivity index (χ0) is 27.3. The third-order valence-electron chi connectivity index (χ3n) is 6.98. The Kier molecular flexibility index (Phi) is 8.76. The first kappa shape index (κ1) is 27.7. The van der Waals surface area contributed by atoms with Crippen molar-refractivity contribution in [1.29, 1.82) is 0 Å². The van der Waals surface area contributed by atoms with E-state index in [1.165, 1.54) is 30.0 Å². The monoisotopic (exact) mass is 547 g/mol. The van der Waals surface area contributed by atoms with E-state index in [-0.39, 0.29) is 36.7 Å². The summed E-state index contributed by atoms with van der Waals surface area (Å²) < 4.78 is 51.6. The first-order valence-electron chi connectivity index (χ1n) is 13.0. The van der Waals surface area contributed by atoms with Crippen LogP contribution in [0.3, 0.4) is 0 Å². The molecule has 1 heterocycles. The van der Waals surface area contributed by atoms with Crippen molar-refractivity contribution in [3.05, 3.63) is 53.8 Å². The number of anilines is 1. The summed E-state index contributed by atoms with van der Waals surface area (Å²) >= 11 is 0. The minimum atomic E-state index is -3.87. The quantitative estimate of drug-likeness (QED) is 0.461. The first-order chi connectivity index (χ1) is 18.2. The minimum absolute atomic E-state index is 0.0247. The second-order valence-electron chi connectivity index (χ2n) is 9.51. The number of fused-ring (bicyclic) bond motifs is 1. The van der Waals surface area contributed by atoms with E-state index < -0.39 is 34.3 Å². The molecule has 0 bridgehead atoms. The Morgan fingerprint density at radius 1 is 1.05 bits per heavy atom. The maximum Gasteiger partial charge on any atom is 0.244 e. The molecule has 38 heavy (non-hydrogen) atoms. The Balaban J connectivity index is 1.64. The minimum Gasteiger partial charge on any atom is -0.454 e. The number of carbonyl (C=O) groups is 2. The largest absolute Gasteiger partial charge is 0.454 e. The Hall–Kier alpha value is -3.34. The predicted molar refractivity (Wildman–Crippen MR) is 141 cm³/mol. The van der Waals surface area contributed by atoms with Gasteiger partial charge in [-0.25, -0.2) is 12.8 Å². The highest BCUT2D eigenvalue weighted by Gasteiger charge is 2.34. The van der Waals surface area contributed by atoms with Crippen molar-refractivity contribution in [3.8, 4) is 11.5 Å². The van der Waals surface area contributed by atoms with Gasteiger partial charge in [0.05, 0.1) is 11.4 Å². The number of benzene rings is 2. The van der Waals surface area contributed by atoms with Crippen LogP contribution in [0.5, 0.6) is 11.5 Å². The van der Waals surface area contributed by atoms with Crippen molar-refractivity contribution in [1.82, 2.24) is 10.2 Å². The van der Waals surface area contributed by atoms with Gasteiger partial charge in [0, 0.05) is 18.7 Å². The number of ether oxygens (including phenoxy) is 2. The van der Waals surface area contributed by atoms with E-state index in [1.54, 1.807) is 24.3 Å². The summed E-state index contributed by atoms with van der Waals surface area (Å²) in [6.07, 6.45) is 4.19. The maximum absolute atomic E-state index is 13.8. The molecule has 1 saturated carbocycles. The highest BCUT2D eigenvalue weighted by molar-refractivity contribution is 7.92. The van der Waals surface area contributed by atoms with Crippen LogP contribution in [-0.2, 0) is 26.2 Å². The fourth-order valence-electron chi connectivity index (χ4n) is 4.83. The number of halogens is 1. The fourth-order valence-corrected chi connectivity index (χ4v) is 5.89. The summed E-state index contributed by atoms with van der Waals surface area (Å²) in [7, 11) is -3.87. The number of sulfonamides is 1. The summed E-state index contributed by atoms with van der Waals surface area (Å²) in [5.74, 6) is -0.592. The molecule has 206 valence electrons. The van der Waals surface area contributed by atoms with Crippen molar-refractivity contribution < 1.29 is 31.9 Å². The van der Waals surface area contributed by atoms with Crippen LogP contribution in [0.4, 0.5) is 10.1 Å². The zero-order valence-corrected chi connectivity index (χ0v) is 22.5. The van der Waals surface area contributed by atoms with E-state index in [9.17, 15) is 22.4 Å². The second kappa shape index (κ2) is 12.0. The van der Waals surface area contributed by atoms with Gasteiger partial charge in [-0.2, -0.15) is 0 Å². The number of nitrogens with zero attached hydrogens (tertiary/aromatic N) is 2. The van der Waals surface area contributed by atoms with Gasteiger partial charge >= 0.3 is 0 Å². The lowest BCUT2D eigenvalue weighted by molar-refractivity contribution is -0.140. The van der Waals surface area contributed by atoms with Crippen molar-refractivity contribution in [2.75, 3.05) is 23.4 Å². The Morgan fingerprint density at radius 2 is 1.74 bits per heavy atom. The first-order valence-corrected chi connectivity index (χ1v) is 14.6. The average Bonchev–Trinajstić information content (AvgIpc) is 3.59. The fraction of sp³-hybridized carbons (Fsp3) is 0.481. The molecule has 0 radical (unpaired) electrons. The molecule has 2 aromatic carbocycles. The van der Waals surface area contributed by atoms with Gasteiger partial charge in [0.15, 0.2) is 11.5 Å². The van der Waals surface area contributed by atoms with Crippen LogP contribution >= 0.6 is 0 Å². The average molecular weight is 548 g/mol. The molecule has 0 spiro atoms. The van der Waals surface area contributed by atoms with Gasteiger partial charge in [0.2, 0.25) is 28.6 Å². The van der Waals surface area contributed by atoms with Gasteiger partial charge in [-0.15, -0.1) is 0 Å². The molecule has 0 aromatic heterocycles. The highest BCUT2D eigenvalue weighted by Crippen LogP contribution is 2.36. The number of hydrogen-bond donors (Lipinski definition) is 1. The van der Waals surface area contributed by atoms with Crippen molar-refractivity contribution >= 4 is 27.5 Å². The van der Waals surface area contributed by atoms with Crippen LogP contribution in [-0.4, -0.2) is 56.3 Å². The molecule has 2 amide bonds. The molecule has 1 fully saturated rings. The lowest BCUT2D eigenvalue weighted by Gasteiger charge is -2.33. The lowest BCUT2D eigenvalue weighted by atomic mass is 10.1. The second-order valence-corrected chi connectivity index (χ2v) is 11.7. The van der Waals surface area contributed by atoms with Crippen LogP contribution in [0.1, 0.15) is 51.5 Å². The number of carbonyl (C=O) groups excluding carboxylic acids is 2. The number of hydrogen-bond acceptors (Lipinski definition) is 6. The van der Waals surface area contributed by atoms with Gasteiger partial charge < -0.3 is 19.7 Å². The topological polar surface area (TPSA) is 105 Å². The molecule has 9 nitrogen and oxygen atoms in total. The third kappa shape index (κ3) is 6.38. The van der Waals surface area contributed by atoms with E-state index in [0.717, 1.165) is 30.0 Å².